The zero-order valence-electron chi connectivity index (χ0n) is 6.87. The summed E-state index contributed by atoms with van der Waals surface area (Å²) in [5.74, 6) is 5.46. The van der Waals surface area contributed by atoms with Crippen molar-refractivity contribution in [2.75, 3.05) is 0 Å². The molecule has 0 saturated heterocycles. The Hall–Kier alpha value is -1.62. The van der Waals surface area contributed by atoms with E-state index >= 15 is 0 Å². The minimum absolute atomic E-state index is 0.0479. The molecular formula is C10H9NO. The minimum atomic E-state index is 0.0479. The number of carbonyl (C=O) groups is 1. The van der Waals surface area contributed by atoms with Crippen LogP contribution in [0.15, 0.2) is 24.5 Å². The molecule has 2 heteroatoms. The number of pyridine rings is 1. The molecule has 0 spiro atoms. The molecule has 0 atom stereocenters. The standard InChI is InChI=1S/C10H9NO/c1-2-3-4-10(12)9-5-7-11-8-6-9/h5-8H,4H2,1H3. The van der Waals surface area contributed by atoms with Crippen molar-refractivity contribution in [3.05, 3.63) is 30.1 Å². The van der Waals surface area contributed by atoms with E-state index in [1.54, 1.807) is 31.5 Å². The predicted molar refractivity (Wildman–Crippen MR) is 46.6 cm³/mol. The molecule has 0 aliphatic carbocycles. The third-order valence-corrected chi connectivity index (χ3v) is 1.43. The van der Waals surface area contributed by atoms with Gasteiger partial charge in [-0.25, -0.2) is 0 Å². The van der Waals surface area contributed by atoms with Crippen LogP contribution in [0.4, 0.5) is 0 Å². The first-order chi connectivity index (χ1) is 5.84. The lowest BCUT2D eigenvalue weighted by atomic mass is 10.1. The van der Waals surface area contributed by atoms with E-state index in [2.05, 4.69) is 16.8 Å². The number of hydrogen-bond donors (Lipinski definition) is 0. The van der Waals surface area contributed by atoms with Crippen LogP contribution in [-0.4, -0.2) is 10.8 Å². The molecule has 60 valence electrons. The topological polar surface area (TPSA) is 30.0 Å². The van der Waals surface area contributed by atoms with Crippen molar-refractivity contribution in [3.8, 4) is 11.8 Å². The fourth-order valence-corrected chi connectivity index (χ4v) is 0.809. The molecule has 0 aliphatic heterocycles. The number of aromatic nitrogens is 1. The van der Waals surface area contributed by atoms with Crippen LogP contribution in [0.1, 0.15) is 23.7 Å². The Labute approximate surface area is 71.6 Å². The second kappa shape index (κ2) is 4.30. The maximum Gasteiger partial charge on any atom is 0.174 e. The number of carbonyl (C=O) groups excluding carboxylic acids is 1. The van der Waals surface area contributed by atoms with Gasteiger partial charge in [-0.3, -0.25) is 9.78 Å². The number of hydrogen-bond acceptors (Lipinski definition) is 2. The van der Waals surface area contributed by atoms with Gasteiger partial charge in [0.25, 0.3) is 0 Å². The number of Topliss-reactive ketones (excluding diaryl/α,β-unsaturated/α-hetero) is 1. The highest BCUT2D eigenvalue weighted by Gasteiger charge is 2.01. The molecular weight excluding hydrogens is 150 g/mol. The van der Waals surface area contributed by atoms with Crippen LogP contribution in [0.5, 0.6) is 0 Å². The second-order valence-corrected chi connectivity index (χ2v) is 2.26. The third kappa shape index (κ3) is 2.21. The van der Waals surface area contributed by atoms with E-state index < -0.39 is 0 Å². The monoisotopic (exact) mass is 159 g/mol. The fraction of sp³-hybridized carbons (Fsp3) is 0.200. The largest absolute Gasteiger partial charge is 0.293 e. The lowest BCUT2D eigenvalue weighted by molar-refractivity contribution is 0.0998. The first kappa shape index (κ1) is 8.48. The molecule has 1 aromatic heterocycles. The molecule has 0 fully saturated rings. The molecule has 2 nitrogen and oxygen atoms in total. The van der Waals surface area contributed by atoms with E-state index in [-0.39, 0.29) is 5.78 Å². The summed E-state index contributed by atoms with van der Waals surface area (Å²) >= 11 is 0. The normalized spacial score (nSPS) is 8.42. The van der Waals surface area contributed by atoms with Gasteiger partial charge in [0.15, 0.2) is 5.78 Å². The quantitative estimate of drug-likeness (QED) is 0.485. The van der Waals surface area contributed by atoms with Gasteiger partial charge in [-0.05, 0) is 19.1 Å². The Kier molecular flexibility index (Phi) is 3.04. The average Bonchev–Trinajstić information content (AvgIpc) is 2.15. The van der Waals surface area contributed by atoms with Crippen molar-refractivity contribution < 1.29 is 4.79 Å². The Bertz CT molecular complexity index is 319. The zero-order chi connectivity index (χ0) is 8.81. The summed E-state index contributed by atoms with van der Waals surface area (Å²) in [4.78, 5) is 15.1. The Morgan fingerprint density at radius 3 is 2.75 bits per heavy atom. The van der Waals surface area contributed by atoms with Gasteiger partial charge in [0, 0.05) is 18.0 Å². The van der Waals surface area contributed by atoms with Gasteiger partial charge in [0.1, 0.15) is 0 Å². The summed E-state index contributed by atoms with van der Waals surface area (Å²) in [6.07, 6.45) is 3.50. The summed E-state index contributed by atoms with van der Waals surface area (Å²) in [5.41, 5.74) is 0.674. The summed E-state index contributed by atoms with van der Waals surface area (Å²) in [6.45, 7) is 1.72. The van der Waals surface area contributed by atoms with Crippen LogP contribution < -0.4 is 0 Å². The lowest BCUT2D eigenvalue weighted by Crippen LogP contribution is -1.96. The van der Waals surface area contributed by atoms with Gasteiger partial charge in [-0.2, -0.15) is 0 Å². The summed E-state index contributed by atoms with van der Waals surface area (Å²) in [7, 11) is 0. The van der Waals surface area contributed by atoms with E-state index in [0.717, 1.165) is 0 Å². The van der Waals surface area contributed by atoms with E-state index in [0.29, 0.717) is 12.0 Å². The number of rotatable bonds is 2. The first-order valence-corrected chi connectivity index (χ1v) is 3.67. The van der Waals surface area contributed by atoms with Gasteiger partial charge in [0.05, 0.1) is 6.42 Å². The van der Waals surface area contributed by atoms with Crippen LogP contribution >= 0.6 is 0 Å². The van der Waals surface area contributed by atoms with Crippen LogP contribution in [0.25, 0.3) is 0 Å². The highest BCUT2D eigenvalue weighted by molar-refractivity contribution is 5.97. The van der Waals surface area contributed by atoms with Gasteiger partial charge in [0.2, 0.25) is 0 Å². The lowest BCUT2D eigenvalue weighted by Gasteiger charge is -1.93. The molecule has 0 aliphatic rings. The van der Waals surface area contributed by atoms with E-state index in [1.165, 1.54) is 0 Å². The van der Waals surface area contributed by atoms with Crippen molar-refractivity contribution in [3.63, 3.8) is 0 Å². The second-order valence-electron chi connectivity index (χ2n) is 2.26. The summed E-state index contributed by atoms with van der Waals surface area (Å²) in [6, 6.07) is 3.39. The van der Waals surface area contributed by atoms with E-state index in [9.17, 15) is 4.79 Å². The molecule has 0 N–H and O–H groups in total. The molecule has 0 aromatic carbocycles. The molecule has 12 heavy (non-hydrogen) atoms. The minimum Gasteiger partial charge on any atom is -0.293 e. The Morgan fingerprint density at radius 1 is 1.50 bits per heavy atom. The van der Waals surface area contributed by atoms with Crippen molar-refractivity contribution in [1.29, 1.82) is 0 Å². The molecule has 0 saturated carbocycles. The molecule has 0 radical (unpaired) electrons. The van der Waals surface area contributed by atoms with Crippen molar-refractivity contribution >= 4 is 5.78 Å². The zero-order valence-corrected chi connectivity index (χ0v) is 6.87. The molecule has 1 heterocycles. The fourth-order valence-electron chi connectivity index (χ4n) is 0.809. The van der Waals surface area contributed by atoms with E-state index in [1.807, 2.05) is 0 Å². The smallest absolute Gasteiger partial charge is 0.174 e. The Balaban J connectivity index is 2.70. The number of nitrogens with zero attached hydrogens (tertiary/aromatic N) is 1. The van der Waals surface area contributed by atoms with Crippen molar-refractivity contribution in [2.45, 2.75) is 13.3 Å². The molecule has 0 bridgehead atoms. The molecule has 0 unspecified atom stereocenters. The average molecular weight is 159 g/mol. The molecule has 1 aromatic rings. The van der Waals surface area contributed by atoms with E-state index in [4.69, 9.17) is 0 Å². The molecule has 1 rings (SSSR count). The van der Waals surface area contributed by atoms with Crippen LogP contribution in [0.3, 0.4) is 0 Å². The maximum absolute atomic E-state index is 11.3. The third-order valence-electron chi connectivity index (χ3n) is 1.43. The summed E-state index contributed by atoms with van der Waals surface area (Å²) in [5, 5.41) is 0. The van der Waals surface area contributed by atoms with Crippen LogP contribution in [-0.2, 0) is 0 Å². The first-order valence-electron chi connectivity index (χ1n) is 3.67. The highest BCUT2D eigenvalue weighted by atomic mass is 16.1. The Morgan fingerprint density at radius 2 is 2.17 bits per heavy atom. The maximum atomic E-state index is 11.3. The highest BCUT2D eigenvalue weighted by Crippen LogP contribution is 1.99. The van der Waals surface area contributed by atoms with Crippen LogP contribution in [0, 0.1) is 11.8 Å². The number of ketones is 1. The van der Waals surface area contributed by atoms with Crippen molar-refractivity contribution in [1.82, 2.24) is 4.98 Å². The van der Waals surface area contributed by atoms with Gasteiger partial charge >= 0.3 is 0 Å². The van der Waals surface area contributed by atoms with Gasteiger partial charge < -0.3 is 0 Å². The van der Waals surface area contributed by atoms with Crippen molar-refractivity contribution in [2.24, 2.45) is 0 Å². The predicted octanol–water partition coefficient (Wildman–Crippen LogP) is 1.68. The molecule has 0 amide bonds. The SMILES string of the molecule is CC#CCC(=O)c1ccncc1. The van der Waals surface area contributed by atoms with Gasteiger partial charge in [-0.1, -0.05) is 5.92 Å². The van der Waals surface area contributed by atoms with Crippen LogP contribution in [0.2, 0.25) is 0 Å². The summed E-state index contributed by atoms with van der Waals surface area (Å²) < 4.78 is 0. The van der Waals surface area contributed by atoms with Gasteiger partial charge in [-0.15, -0.1) is 5.92 Å².